The molecule has 1 aliphatic rings. The Labute approximate surface area is 102 Å². The van der Waals surface area contributed by atoms with Gasteiger partial charge in [0.15, 0.2) is 0 Å². The third kappa shape index (κ3) is 10.6. The van der Waals surface area contributed by atoms with Gasteiger partial charge in [-0.2, -0.15) is 0 Å². The highest BCUT2D eigenvalue weighted by Crippen LogP contribution is 1.90. The second kappa shape index (κ2) is 12.4. The van der Waals surface area contributed by atoms with E-state index in [4.69, 9.17) is 0 Å². The van der Waals surface area contributed by atoms with Gasteiger partial charge >= 0.3 is 0 Å². The highest BCUT2D eigenvalue weighted by atomic mass is 14.9. The van der Waals surface area contributed by atoms with Crippen LogP contribution in [0, 0.1) is 0 Å². The number of aromatic nitrogens is 3. The molecule has 0 aliphatic carbocycles. The molecule has 0 spiro atoms. The van der Waals surface area contributed by atoms with Crippen LogP contribution >= 0.6 is 0 Å². The number of aromatic amines is 1. The van der Waals surface area contributed by atoms with E-state index < -0.39 is 0 Å². The number of nitrogens with one attached hydrogen (secondary N) is 2. The first-order valence-electron chi connectivity index (χ1n) is 5.48. The Bertz CT molecular complexity index is 253. The Kier molecular flexibility index (Phi) is 11.1. The van der Waals surface area contributed by atoms with Crippen molar-refractivity contribution < 1.29 is 0 Å². The molecule has 0 unspecified atom stereocenters. The number of hydrogen-bond donors (Lipinski definition) is 3. The molecule has 5 N–H and O–H groups in total. The van der Waals surface area contributed by atoms with Gasteiger partial charge in [-0.1, -0.05) is 6.07 Å². The first-order valence-corrected chi connectivity index (χ1v) is 5.48. The van der Waals surface area contributed by atoms with Crippen LogP contribution in [0.3, 0.4) is 0 Å². The van der Waals surface area contributed by atoms with E-state index in [1.54, 1.807) is 31.1 Å². The molecule has 1 aliphatic heterocycles. The summed E-state index contributed by atoms with van der Waals surface area (Å²) in [4.78, 5) is 10.2. The van der Waals surface area contributed by atoms with Crippen LogP contribution in [0.5, 0.6) is 0 Å². The zero-order chi connectivity index (χ0) is 11.3. The van der Waals surface area contributed by atoms with Crippen LogP contribution in [-0.2, 0) is 0 Å². The van der Waals surface area contributed by atoms with Gasteiger partial charge in [0.25, 0.3) is 0 Å². The van der Waals surface area contributed by atoms with Crippen molar-refractivity contribution in [2.75, 3.05) is 13.1 Å². The minimum absolute atomic E-state index is 0. The molecule has 0 bridgehead atoms. The average molecular weight is 235 g/mol. The minimum atomic E-state index is 0. The van der Waals surface area contributed by atoms with Crippen molar-refractivity contribution in [3.63, 3.8) is 0 Å². The van der Waals surface area contributed by atoms with Crippen LogP contribution in [0.4, 0.5) is 0 Å². The molecule has 17 heavy (non-hydrogen) atoms. The smallest absolute Gasteiger partial charge is 0.0919 e. The Morgan fingerprint density at radius 1 is 0.824 bits per heavy atom. The molecule has 0 radical (unpaired) electrons. The van der Waals surface area contributed by atoms with Crippen LogP contribution in [-0.4, -0.2) is 28.0 Å². The molecule has 2 aromatic heterocycles. The van der Waals surface area contributed by atoms with Crippen LogP contribution in [0.2, 0.25) is 0 Å². The lowest BCUT2D eigenvalue weighted by Crippen LogP contribution is -2.03. The summed E-state index contributed by atoms with van der Waals surface area (Å²) < 4.78 is 0. The molecule has 0 saturated carbocycles. The predicted octanol–water partition coefficient (Wildman–Crippen LogP) is 2.02. The van der Waals surface area contributed by atoms with Gasteiger partial charge in [-0.05, 0) is 38.1 Å². The van der Waals surface area contributed by atoms with E-state index in [0.29, 0.717) is 0 Å². The monoisotopic (exact) mass is 235 g/mol. The maximum atomic E-state index is 3.78. The number of rotatable bonds is 0. The molecule has 3 rings (SSSR count). The molecule has 2 aromatic rings. The Morgan fingerprint density at radius 2 is 1.53 bits per heavy atom. The molecular formula is C12H21N5. The van der Waals surface area contributed by atoms with E-state index in [2.05, 4.69) is 20.3 Å². The largest absolute Gasteiger partial charge is 0.351 e. The van der Waals surface area contributed by atoms with Gasteiger partial charge in [0.2, 0.25) is 0 Å². The van der Waals surface area contributed by atoms with Crippen molar-refractivity contribution in [3.05, 3.63) is 49.3 Å². The summed E-state index contributed by atoms with van der Waals surface area (Å²) in [7, 11) is 0. The van der Waals surface area contributed by atoms with E-state index in [9.17, 15) is 0 Å². The third-order valence-corrected chi connectivity index (χ3v) is 1.93. The zero-order valence-corrected chi connectivity index (χ0v) is 10.0. The summed E-state index contributed by atoms with van der Waals surface area (Å²) in [5.41, 5.74) is 0. The maximum absolute atomic E-state index is 3.78. The topological polar surface area (TPSA) is 88.6 Å². The second-order valence-corrected chi connectivity index (χ2v) is 3.24. The number of hydrogen-bond acceptors (Lipinski definition) is 4. The Balaban J connectivity index is 0.000000221. The molecule has 5 nitrogen and oxygen atoms in total. The van der Waals surface area contributed by atoms with Crippen molar-refractivity contribution >= 4 is 0 Å². The molecular weight excluding hydrogens is 214 g/mol. The lowest BCUT2D eigenvalue weighted by Gasteiger charge is -1.76. The maximum Gasteiger partial charge on any atom is 0.0919 e. The van der Waals surface area contributed by atoms with Crippen molar-refractivity contribution in [1.29, 1.82) is 0 Å². The van der Waals surface area contributed by atoms with Crippen LogP contribution in [0.1, 0.15) is 12.8 Å². The van der Waals surface area contributed by atoms with Gasteiger partial charge in [-0.15, -0.1) is 0 Å². The summed E-state index contributed by atoms with van der Waals surface area (Å²) in [6.07, 6.45) is 11.4. The number of pyridine rings is 1. The molecule has 94 valence electrons. The van der Waals surface area contributed by atoms with Crippen LogP contribution in [0.25, 0.3) is 0 Å². The highest BCUT2D eigenvalue weighted by Gasteiger charge is 1.93. The van der Waals surface area contributed by atoms with Crippen molar-refractivity contribution in [2.24, 2.45) is 0 Å². The van der Waals surface area contributed by atoms with Gasteiger partial charge in [-0.25, -0.2) is 4.98 Å². The number of H-pyrrole nitrogens is 1. The Morgan fingerprint density at radius 3 is 1.71 bits per heavy atom. The second-order valence-electron chi connectivity index (χ2n) is 3.24. The summed E-state index contributed by atoms with van der Waals surface area (Å²) in [5, 5.41) is 3.22. The quantitative estimate of drug-likeness (QED) is 0.651. The number of imidazole rings is 1. The summed E-state index contributed by atoms with van der Waals surface area (Å²) in [5.74, 6) is 0. The lowest BCUT2D eigenvalue weighted by atomic mass is 10.4. The fourth-order valence-corrected chi connectivity index (χ4v) is 1.15. The molecule has 1 fully saturated rings. The van der Waals surface area contributed by atoms with E-state index >= 15 is 0 Å². The first kappa shape index (κ1) is 15.3. The number of nitrogens with zero attached hydrogens (tertiary/aromatic N) is 2. The molecule has 1 saturated heterocycles. The highest BCUT2D eigenvalue weighted by molar-refractivity contribution is 4.88. The van der Waals surface area contributed by atoms with Crippen LogP contribution in [0.15, 0.2) is 49.3 Å². The van der Waals surface area contributed by atoms with Gasteiger partial charge in [0, 0.05) is 24.8 Å². The van der Waals surface area contributed by atoms with Crippen molar-refractivity contribution in [2.45, 2.75) is 12.8 Å². The van der Waals surface area contributed by atoms with Gasteiger partial charge < -0.3 is 16.5 Å². The van der Waals surface area contributed by atoms with Crippen LogP contribution < -0.4 is 11.5 Å². The van der Waals surface area contributed by atoms with E-state index in [1.807, 2.05) is 18.2 Å². The fraction of sp³-hybridized carbons (Fsp3) is 0.333. The first-order chi connectivity index (χ1) is 8.00. The van der Waals surface area contributed by atoms with Gasteiger partial charge in [0.1, 0.15) is 0 Å². The van der Waals surface area contributed by atoms with E-state index in [1.165, 1.54) is 25.9 Å². The molecule has 0 aromatic carbocycles. The zero-order valence-electron chi connectivity index (χ0n) is 10.0. The van der Waals surface area contributed by atoms with Gasteiger partial charge in [-0.3, -0.25) is 4.98 Å². The lowest BCUT2D eigenvalue weighted by molar-refractivity contribution is 0.857. The predicted molar refractivity (Wildman–Crippen MR) is 70.0 cm³/mol. The van der Waals surface area contributed by atoms with Crippen molar-refractivity contribution in [1.82, 2.24) is 26.4 Å². The molecule has 3 heterocycles. The Hall–Kier alpha value is -1.72. The average Bonchev–Trinajstić information content (AvgIpc) is 3.10. The molecule has 0 amide bonds. The summed E-state index contributed by atoms with van der Waals surface area (Å²) in [6, 6.07) is 5.72. The minimum Gasteiger partial charge on any atom is -0.351 e. The van der Waals surface area contributed by atoms with Gasteiger partial charge in [0.05, 0.1) is 6.33 Å². The standard InChI is InChI=1S/C5H5N.C4H9N.C3H4N2.H3N/c1-2-4-6-5-3-1;1-2-4-5-3-1;1-2-5-3-4-1;/h1-5H;5H,1-4H2;1-3H,(H,4,5);1H3. The van der Waals surface area contributed by atoms with Crippen molar-refractivity contribution in [3.8, 4) is 0 Å². The fourth-order valence-electron chi connectivity index (χ4n) is 1.15. The summed E-state index contributed by atoms with van der Waals surface area (Å²) >= 11 is 0. The van der Waals surface area contributed by atoms with E-state index in [-0.39, 0.29) is 6.15 Å². The SMILES string of the molecule is C1CCNC1.N.c1c[nH]cn1.c1ccncc1. The third-order valence-electron chi connectivity index (χ3n) is 1.93. The summed E-state index contributed by atoms with van der Waals surface area (Å²) in [6.45, 7) is 2.50. The molecule has 0 atom stereocenters. The van der Waals surface area contributed by atoms with E-state index in [0.717, 1.165) is 0 Å². The normalized spacial score (nSPS) is 12.2. The molecule has 5 heteroatoms.